The summed E-state index contributed by atoms with van der Waals surface area (Å²) in [6.45, 7) is 0. The Morgan fingerprint density at radius 1 is 1.67 bits per heavy atom. The lowest BCUT2D eigenvalue weighted by Gasteiger charge is -1.99. The Labute approximate surface area is 68.1 Å². The van der Waals surface area contributed by atoms with Crippen LogP contribution in [0.2, 0.25) is 0 Å². The van der Waals surface area contributed by atoms with E-state index in [9.17, 15) is 4.79 Å². The quantitative estimate of drug-likeness (QED) is 0.626. The molecule has 2 rings (SSSR count). The maximum absolute atomic E-state index is 11.2. The van der Waals surface area contributed by atoms with E-state index in [1.54, 1.807) is 30.0 Å². The van der Waals surface area contributed by atoms with Crippen LogP contribution in [0.5, 0.6) is 0 Å². The van der Waals surface area contributed by atoms with Gasteiger partial charge in [-0.25, -0.2) is 4.98 Å². The molecule has 0 amide bonds. The molecule has 0 bridgehead atoms. The van der Waals surface area contributed by atoms with Gasteiger partial charge in [0.15, 0.2) is 0 Å². The molecule has 2 heterocycles. The third-order valence-corrected chi connectivity index (χ3v) is 1.66. The number of rotatable bonds is 1. The fraction of sp³-hybridized carbons (Fsp3) is 0.143. The summed E-state index contributed by atoms with van der Waals surface area (Å²) in [7, 11) is 1.74. The Hall–Kier alpha value is -1.78. The van der Waals surface area contributed by atoms with Crippen LogP contribution < -0.4 is 10.9 Å². The third kappa shape index (κ3) is 0.868. The molecular weight excluding hydrogens is 156 g/mol. The molecule has 2 aromatic heterocycles. The Balaban J connectivity index is 2.84. The number of anilines is 1. The topological polar surface area (TPSA) is 62.2 Å². The summed E-state index contributed by atoms with van der Waals surface area (Å²) in [4.78, 5) is 17.8. The molecule has 0 saturated heterocycles. The van der Waals surface area contributed by atoms with Gasteiger partial charge in [-0.1, -0.05) is 0 Å². The van der Waals surface area contributed by atoms with Gasteiger partial charge in [0.1, 0.15) is 5.82 Å². The van der Waals surface area contributed by atoms with Gasteiger partial charge in [0.2, 0.25) is 5.65 Å². The average Bonchev–Trinajstić information content (AvgIpc) is 2.52. The lowest BCUT2D eigenvalue weighted by molar-refractivity contribution is 1.09. The van der Waals surface area contributed by atoms with Gasteiger partial charge in [0.05, 0.1) is 6.20 Å². The van der Waals surface area contributed by atoms with Gasteiger partial charge in [-0.15, -0.1) is 0 Å². The molecule has 0 aliphatic heterocycles. The van der Waals surface area contributed by atoms with E-state index < -0.39 is 0 Å². The van der Waals surface area contributed by atoms with E-state index in [0.29, 0.717) is 11.5 Å². The fourth-order valence-corrected chi connectivity index (χ4v) is 1.07. The van der Waals surface area contributed by atoms with Gasteiger partial charge in [0.25, 0.3) is 5.56 Å². The highest BCUT2D eigenvalue weighted by Gasteiger charge is 1.99. The van der Waals surface area contributed by atoms with Crippen molar-refractivity contribution < 1.29 is 0 Å². The minimum absolute atomic E-state index is 0.188. The van der Waals surface area contributed by atoms with Crippen LogP contribution in [0, 0.1) is 0 Å². The molecule has 12 heavy (non-hydrogen) atoms. The van der Waals surface area contributed by atoms with Crippen LogP contribution >= 0.6 is 0 Å². The Morgan fingerprint density at radius 2 is 2.50 bits per heavy atom. The fourth-order valence-electron chi connectivity index (χ4n) is 1.07. The first-order chi connectivity index (χ1) is 5.81. The van der Waals surface area contributed by atoms with Crippen LogP contribution in [0.3, 0.4) is 0 Å². The van der Waals surface area contributed by atoms with E-state index in [1.165, 1.54) is 0 Å². The van der Waals surface area contributed by atoms with Crippen molar-refractivity contribution in [3.05, 3.63) is 28.9 Å². The van der Waals surface area contributed by atoms with E-state index in [-0.39, 0.29) is 5.56 Å². The number of imidazole rings is 1. The van der Waals surface area contributed by atoms with E-state index in [4.69, 9.17) is 0 Å². The van der Waals surface area contributed by atoms with Crippen molar-refractivity contribution >= 4 is 11.5 Å². The Kier molecular flexibility index (Phi) is 1.36. The molecular formula is C7H8N4O. The first-order valence-electron chi connectivity index (χ1n) is 3.55. The van der Waals surface area contributed by atoms with Crippen molar-refractivity contribution in [2.75, 3.05) is 12.4 Å². The highest BCUT2D eigenvalue weighted by atomic mass is 16.1. The number of aromatic nitrogens is 3. The normalized spacial score (nSPS) is 10.4. The second kappa shape index (κ2) is 2.37. The maximum Gasteiger partial charge on any atom is 0.293 e. The van der Waals surface area contributed by atoms with E-state index in [0.717, 1.165) is 0 Å². The molecule has 0 spiro atoms. The zero-order chi connectivity index (χ0) is 8.55. The van der Waals surface area contributed by atoms with Gasteiger partial charge in [-0.2, -0.15) is 0 Å². The lowest BCUT2D eigenvalue weighted by atomic mass is 10.6. The second-order valence-corrected chi connectivity index (χ2v) is 2.41. The molecule has 0 fully saturated rings. The van der Waals surface area contributed by atoms with Gasteiger partial charge in [-0.3, -0.25) is 9.20 Å². The molecule has 0 radical (unpaired) electrons. The van der Waals surface area contributed by atoms with Crippen molar-refractivity contribution in [3.8, 4) is 0 Å². The third-order valence-electron chi connectivity index (χ3n) is 1.66. The number of H-pyrrole nitrogens is 1. The van der Waals surface area contributed by atoms with Crippen molar-refractivity contribution in [3.63, 3.8) is 0 Å². The molecule has 2 N–H and O–H groups in total. The predicted molar refractivity (Wildman–Crippen MR) is 45.4 cm³/mol. The van der Waals surface area contributed by atoms with E-state index in [2.05, 4.69) is 15.3 Å². The lowest BCUT2D eigenvalue weighted by Crippen LogP contribution is -2.12. The summed E-state index contributed by atoms with van der Waals surface area (Å²) >= 11 is 0. The predicted octanol–water partition coefficient (Wildman–Crippen LogP) is 0.0643. The van der Waals surface area contributed by atoms with Crippen LogP contribution in [-0.2, 0) is 0 Å². The molecule has 0 aliphatic rings. The highest BCUT2D eigenvalue weighted by molar-refractivity contribution is 5.41. The Bertz CT molecular complexity index is 456. The average molecular weight is 164 g/mol. The summed E-state index contributed by atoms with van der Waals surface area (Å²) in [5, 5.41) is 2.85. The largest absolute Gasteiger partial charge is 0.373 e. The van der Waals surface area contributed by atoms with E-state index in [1.807, 2.05) is 0 Å². The number of nitrogens with one attached hydrogen (secondary N) is 2. The summed E-state index contributed by atoms with van der Waals surface area (Å²) in [5.74, 6) is 0.672. The summed E-state index contributed by atoms with van der Waals surface area (Å²) in [6.07, 6.45) is 5.08. The number of hydrogen-bond acceptors (Lipinski definition) is 3. The monoisotopic (exact) mass is 164 g/mol. The summed E-state index contributed by atoms with van der Waals surface area (Å²) in [6, 6.07) is 0. The highest BCUT2D eigenvalue weighted by Crippen LogP contribution is 1.99. The molecule has 0 atom stereocenters. The van der Waals surface area contributed by atoms with Gasteiger partial charge in [-0.05, 0) is 0 Å². The second-order valence-electron chi connectivity index (χ2n) is 2.41. The molecule has 0 saturated carbocycles. The van der Waals surface area contributed by atoms with Crippen molar-refractivity contribution in [1.82, 2.24) is 14.4 Å². The molecule has 2 aromatic rings. The number of nitrogens with zero attached hydrogens (tertiary/aromatic N) is 2. The summed E-state index contributed by atoms with van der Waals surface area (Å²) in [5.41, 5.74) is 0.223. The minimum atomic E-state index is -0.188. The molecule has 0 unspecified atom stereocenters. The standard InChI is InChI=1S/C7H8N4O/c1-8-5-4-11-3-2-9-6(11)7(12)10-5/h2-4,8H,1H3,(H,10,12). The number of aromatic amines is 1. The first-order valence-corrected chi connectivity index (χ1v) is 3.55. The van der Waals surface area contributed by atoms with Crippen molar-refractivity contribution in [2.24, 2.45) is 0 Å². The van der Waals surface area contributed by atoms with Crippen molar-refractivity contribution in [1.29, 1.82) is 0 Å². The van der Waals surface area contributed by atoms with E-state index >= 15 is 0 Å². The molecule has 0 aromatic carbocycles. The first kappa shape index (κ1) is 6.90. The van der Waals surface area contributed by atoms with Crippen LogP contribution in [0.15, 0.2) is 23.4 Å². The van der Waals surface area contributed by atoms with Crippen LogP contribution in [-0.4, -0.2) is 21.4 Å². The van der Waals surface area contributed by atoms with Crippen LogP contribution in [0.4, 0.5) is 5.82 Å². The van der Waals surface area contributed by atoms with Crippen LogP contribution in [0.25, 0.3) is 5.65 Å². The Morgan fingerprint density at radius 3 is 3.25 bits per heavy atom. The van der Waals surface area contributed by atoms with Gasteiger partial charge >= 0.3 is 0 Å². The molecule has 5 heteroatoms. The molecule has 0 aliphatic carbocycles. The van der Waals surface area contributed by atoms with Gasteiger partial charge in [0, 0.05) is 19.4 Å². The zero-order valence-electron chi connectivity index (χ0n) is 6.53. The molecule has 5 nitrogen and oxygen atoms in total. The van der Waals surface area contributed by atoms with Crippen LogP contribution in [0.1, 0.15) is 0 Å². The number of fused-ring (bicyclic) bond motifs is 1. The zero-order valence-corrected chi connectivity index (χ0v) is 6.53. The smallest absolute Gasteiger partial charge is 0.293 e. The SMILES string of the molecule is CNc1cn2ccnc2c(=O)[nH]1. The summed E-state index contributed by atoms with van der Waals surface area (Å²) < 4.78 is 1.67. The van der Waals surface area contributed by atoms with Crippen molar-refractivity contribution in [2.45, 2.75) is 0 Å². The number of hydrogen-bond donors (Lipinski definition) is 2. The minimum Gasteiger partial charge on any atom is -0.373 e. The van der Waals surface area contributed by atoms with Gasteiger partial charge < -0.3 is 10.3 Å². The molecule has 62 valence electrons. The maximum atomic E-state index is 11.2.